The number of hydrogen-bond acceptors (Lipinski definition) is 2. The maximum atomic E-state index is 11.1. The average molecular weight is 251 g/mol. The summed E-state index contributed by atoms with van der Waals surface area (Å²) in [6.45, 7) is 4.37. The number of aromatic nitrogens is 1. The second-order valence-electron chi connectivity index (χ2n) is 4.08. The van der Waals surface area contributed by atoms with Crippen molar-refractivity contribution in [1.29, 1.82) is 5.26 Å². The third kappa shape index (κ3) is 2.40. The number of allylic oxidation sites excluding steroid dienone is 1. The van der Waals surface area contributed by atoms with E-state index in [1.807, 2.05) is 41.1 Å². The van der Waals surface area contributed by atoms with Crippen molar-refractivity contribution in [3.63, 3.8) is 0 Å². The summed E-state index contributed by atoms with van der Waals surface area (Å²) in [4.78, 5) is 11.1. The van der Waals surface area contributed by atoms with Crippen molar-refractivity contribution in [2.45, 2.75) is 6.54 Å². The molecular weight excluding hydrogens is 238 g/mol. The van der Waals surface area contributed by atoms with Gasteiger partial charge in [-0.3, -0.25) is 4.79 Å². The average Bonchev–Trinajstić information content (AvgIpc) is 2.75. The minimum Gasteiger partial charge on any atom is -0.365 e. The van der Waals surface area contributed by atoms with E-state index in [9.17, 15) is 4.79 Å². The zero-order chi connectivity index (χ0) is 13.8. The molecule has 94 valence electrons. The first-order chi connectivity index (χ1) is 9.17. The number of amides is 1. The summed E-state index contributed by atoms with van der Waals surface area (Å²) in [6, 6.07) is 9.58. The van der Waals surface area contributed by atoms with E-state index in [1.54, 1.807) is 6.08 Å². The monoisotopic (exact) mass is 251 g/mol. The quantitative estimate of drug-likeness (QED) is 0.514. The van der Waals surface area contributed by atoms with E-state index in [0.717, 1.165) is 16.5 Å². The summed E-state index contributed by atoms with van der Waals surface area (Å²) < 4.78 is 2.00. The normalized spacial score (nSPS) is 11.2. The minimum absolute atomic E-state index is 0.0542. The molecule has 0 radical (unpaired) electrons. The number of benzene rings is 1. The summed E-state index contributed by atoms with van der Waals surface area (Å²) in [5.74, 6) is -0.719. The highest BCUT2D eigenvalue weighted by Crippen LogP contribution is 2.23. The molecular formula is C15H13N3O. The Balaban J connectivity index is 2.65. The van der Waals surface area contributed by atoms with Gasteiger partial charge in [-0.1, -0.05) is 24.3 Å². The van der Waals surface area contributed by atoms with Crippen LogP contribution < -0.4 is 5.73 Å². The highest BCUT2D eigenvalue weighted by atomic mass is 16.1. The zero-order valence-electron chi connectivity index (χ0n) is 10.3. The maximum absolute atomic E-state index is 11.1. The van der Waals surface area contributed by atoms with Crippen LogP contribution in [0.4, 0.5) is 0 Å². The van der Waals surface area contributed by atoms with Crippen molar-refractivity contribution in [3.8, 4) is 6.07 Å². The number of para-hydroxylation sites is 1. The van der Waals surface area contributed by atoms with Crippen molar-refractivity contribution >= 4 is 22.9 Å². The van der Waals surface area contributed by atoms with Crippen LogP contribution in [-0.4, -0.2) is 10.5 Å². The summed E-state index contributed by atoms with van der Waals surface area (Å²) in [5.41, 5.74) is 6.92. The molecule has 0 fully saturated rings. The molecule has 0 saturated heterocycles. The van der Waals surface area contributed by atoms with Crippen molar-refractivity contribution in [1.82, 2.24) is 4.57 Å². The van der Waals surface area contributed by atoms with Gasteiger partial charge in [0.25, 0.3) is 5.91 Å². The van der Waals surface area contributed by atoms with E-state index >= 15 is 0 Å². The van der Waals surface area contributed by atoms with Crippen LogP contribution in [0.3, 0.4) is 0 Å². The molecule has 1 aromatic heterocycles. The highest BCUT2D eigenvalue weighted by Gasteiger charge is 2.09. The molecule has 0 unspecified atom stereocenters. The van der Waals surface area contributed by atoms with Crippen LogP contribution in [0.5, 0.6) is 0 Å². The Morgan fingerprint density at radius 2 is 2.21 bits per heavy atom. The van der Waals surface area contributed by atoms with Crippen molar-refractivity contribution in [2.75, 3.05) is 0 Å². The van der Waals surface area contributed by atoms with Crippen LogP contribution in [-0.2, 0) is 11.3 Å². The van der Waals surface area contributed by atoms with Gasteiger partial charge in [0.2, 0.25) is 0 Å². The first kappa shape index (κ1) is 12.7. The third-order valence-electron chi connectivity index (χ3n) is 2.83. The zero-order valence-corrected chi connectivity index (χ0v) is 10.3. The van der Waals surface area contributed by atoms with E-state index in [1.165, 1.54) is 6.08 Å². The molecule has 0 bridgehead atoms. The Bertz CT molecular complexity index is 717. The van der Waals surface area contributed by atoms with E-state index in [0.29, 0.717) is 6.54 Å². The number of nitrogens with two attached hydrogens (primary N) is 1. The molecule has 0 aliphatic carbocycles. The van der Waals surface area contributed by atoms with Gasteiger partial charge in [-0.15, -0.1) is 6.58 Å². The molecule has 1 heterocycles. The van der Waals surface area contributed by atoms with Crippen molar-refractivity contribution < 1.29 is 4.79 Å². The van der Waals surface area contributed by atoms with Crippen molar-refractivity contribution in [2.24, 2.45) is 5.73 Å². The van der Waals surface area contributed by atoms with Gasteiger partial charge in [-0.25, -0.2) is 0 Å². The lowest BCUT2D eigenvalue weighted by Gasteiger charge is -1.98. The lowest BCUT2D eigenvalue weighted by atomic mass is 10.1. The Hall–Kier alpha value is -2.80. The maximum Gasteiger partial charge on any atom is 0.259 e. The van der Waals surface area contributed by atoms with Crippen molar-refractivity contribution in [3.05, 3.63) is 54.3 Å². The smallest absolute Gasteiger partial charge is 0.259 e. The summed E-state index contributed by atoms with van der Waals surface area (Å²) in [7, 11) is 0. The van der Waals surface area contributed by atoms with Crippen LogP contribution in [0.2, 0.25) is 0 Å². The fraction of sp³-hybridized carbons (Fsp3) is 0.0667. The first-order valence-electron chi connectivity index (χ1n) is 5.77. The van der Waals surface area contributed by atoms with Gasteiger partial charge in [0.1, 0.15) is 11.6 Å². The van der Waals surface area contributed by atoms with Crippen LogP contribution in [0.15, 0.2) is 48.7 Å². The van der Waals surface area contributed by atoms with Gasteiger partial charge in [-0.05, 0) is 12.1 Å². The second-order valence-corrected chi connectivity index (χ2v) is 4.08. The van der Waals surface area contributed by atoms with Crippen LogP contribution in [0, 0.1) is 11.3 Å². The Morgan fingerprint density at radius 1 is 1.47 bits per heavy atom. The predicted molar refractivity (Wildman–Crippen MR) is 74.9 cm³/mol. The molecule has 0 aliphatic rings. The van der Waals surface area contributed by atoms with Crippen LogP contribution >= 0.6 is 0 Å². The number of carbonyl (C=O) groups excluding carboxylic acids is 1. The number of fused-ring (bicyclic) bond motifs is 1. The number of primary amides is 1. The third-order valence-corrected chi connectivity index (χ3v) is 2.83. The molecule has 1 aromatic carbocycles. The molecule has 4 heteroatoms. The number of carbonyl (C=O) groups is 1. The SMILES string of the molecule is C=CCn1cc(/C=C(/C#N)C(N)=O)c2ccccc21. The highest BCUT2D eigenvalue weighted by molar-refractivity contribution is 6.03. The molecule has 2 aromatic rings. The van der Waals surface area contributed by atoms with Gasteiger partial charge < -0.3 is 10.3 Å². The lowest BCUT2D eigenvalue weighted by Crippen LogP contribution is -2.12. The van der Waals surface area contributed by atoms with E-state index in [4.69, 9.17) is 11.0 Å². The minimum atomic E-state index is -0.719. The Labute approximate surface area is 111 Å². The van der Waals surface area contributed by atoms with Gasteiger partial charge in [0.15, 0.2) is 0 Å². The van der Waals surface area contributed by atoms with Gasteiger partial charge in [-0.2, -0.15) is 5.26 Å². The molecule has 4 nitrogen and oxygen atoms in total. The predicted octanol–water partition coefficient (Wildman–Crippen LogP) is 2.22. The number of hydrogen-bond donors (Lipinski definition) is 1. The van der Waals surface area contributed by atoms with Gasteiger partial charge >= 0.3 is 0 Å². The largest absolute Gasteiger partial charge is 0.365 e. The summed E-state index contributed by atoms with van der Waals surface area (Å²) in [6.07, 6.45) is 5.19. The number of nitriles is 1. The topological polar surface area (TPSA) is 71.8 Å². The molecule has 2 N–H and O–H groups in total. The van der Waals surface area contributed by atoms with E-state index in [2.05, 4.69) is 6.58 Å². The van der Waals surface area contributed by atoms with Gasteiger partial charge in [0, 0.05) is 29.2 Å². The van der Waals surface area contributed by atoms with Gasteiger partial charge in [0.05, 0.1) is 0 Å². The van der Waals surface area contributed by atoms with E-state index in [-0.39, 0.29) is 5.57 Å². The molecule has 0 aliphatic heterocycles. The van der Waals surface area contributed by atoms with E-state index < -0.39 is 5.91 Å². The lowest BCUT2D eigenvalue weighted by molar-refractivity contribution is -0.114. The molecule has 2 rings (SSSR count). The number of nitrogens with zero attached hydrogens (tertiary/aromatic N) is 2. The number of rotatable bonds is 4. The fourth-order valence-corrected chi connectivity index (χ4v) is 1.99. The fourth-order valence-electron chi connectivity index (χ4n) is 1.99. The summed E-state index contributed by atoms with van der Waals surface area (Å²) >= 11 is 0. The Morgan fingerprint density at radius 3 is 2.84 bits per heavy atom. The Kier molecular flexibility index (Phi) is 3.48. The molecule has 0 atom stereocenters. The standard InChI is InChI=1S/C15H13N3O/c1-2-7-18-10-12(8-11(9-16)15(17)19)13-5-3-4-6-14(13)18/h2-6,8,10H,1,7H2,(H2,17,19)/b11-8-. The molecule has 19 heavy (non-hydrogen) atoms. The molecule has 0 spiro atoms. The summed E-state index contributed by atoms with van der Waals surface area (Å²) in [5, 5.41) is 9.87. The van der Waals surface area contributed by atoms with Crippen LogP contribution in [0.1, 0.15) is 5.56 Å². The molecule has 1 amide bonds. The molecule has 0 saturated carbocycles. The first-order valence-corrected chi connectivity index (χ1v) is 5.77. The second kappa shape index (κ2) is 5.23. The van der Waals surface area contributed by atoms with Crippen LogP contribution in [0.25, 0.3) is 17.0 Å².